The molecular weight excluding hydrogens is 257 g/mol. The van der Waals surface area contributed by atoms with Crippen molar-refractivity contribution >= 4 is 16.9 Å². The van der Waals surface area contributed by atoms with Gasteiger partial charge in [-0.15, -0.1) is 0 Å². The van der Waals surface area contributed by atoms with Gasteiger partial charge in [-0.1, -0.05) is 12.1 Å². The number of rotatable bonds is 3. The first-order valence-electron chi connectivity index (χ1n) is 6.19. The van der Waals surface area contributed by atoms with E-state index in [1.165, 1.54) is 12.1 Å². The summed E-state index contributed by atoms with van der Waals surface area (Å²) in [5, 5.41) is 3.54. The predicted octanol–water partition coefficient (Wildman–Crippen LogP) is 2.63. The summed E-state index contributed by atoms with van der Waals surface area (Å²) >= 11 is 0. The predicted molar refractivity (Wildman–Crippen MR) is 73.7 cm³/mol. The van der Waals surface area contributed by atoms with Crippen molar-refractivity contribution in [3.05, 3.63) is 65.7 Å². The van der Waals surface area contributed by atoms with Crippen LogP contribution < -0.4 is 5.32 Å². The Morgan fingerprint density at radius 1 is 1.30 bits per heavy atom. The molecular formula is C15H12FN3O. The van der Waals surface area contributed by atoms with E-state index in [2.05, 4.69) is 15.3 Å². The quantitative estimate of drug-likeness (QED) is 0.768. The van der Waals surface area contributed by atoms with E-state index >= 15 is 0 Å². The van der Waals surface area contributed by atoms with Crippen molar-refractivity contribution < 1.29 is 9.18 Å². The number of aromatic amines is 1. The number of nitrogens with one attached hydrogen (secondary N) is 2. The van der Waals surface area contributed by atoms with Gasteiger partial charge in [0.25, 0.3) is 5.91 Å². The molecule has 0 aliphatic rings. The average Bonchev–Trinajstić information content (AvgIpc) is 2.89. The van der Waals surface area contributed by atoms with E-state index in [1.54, 1.807) is 30.6 Å². The highest BCUT2D eigenvalue weighted by molar-refractivity contribution is 6.05. The van der Waals surface area contributed by atoms with Crippen molar-refractivity contribution in [2.24, 2.45) is 0 Å². The Morgan fingerprint density at radius 3 is 3.05 bits per heavy atom. The minimum absolute atomic E-state index is 0.214. The molecule has 0 radical (unpaired) electrons. The second-order valence-corrected chi connectivity index (χ2v) is 4.41. The van der Waals surface area contributed by atoms with E-state index in [0.29, 0.717) is 11.2 Å². The summed E-state index contributed by atoms with van der Waals surface area (Å²) in [5.41, 5.74) is 1.92. The topological polar surface area (TPSA) is 57.8 Å². The Hall–Kier alpha value is -2.69. The first-order valence-corrected chi connectivity index (χ1v) is 6.19. The molecule has 0 fully saturated rings. The Bertz CT molecular complexity index is 766. The summed E-state index contributed by atoms with van der Waals surface area (Å²) in [7, 11) is 0. The molecule has 3 rings (SSSR count). The summed E-state index contributed by atoms with van der Waals surface area (Å²) in [5.74, 6) is -0.526. The Labute approximate surface area is 114 Å². The highest BCUT2D eigenvalue weighted by Gasteiger charge is 2.11. The molecule has 0 spiro atoms. The summed E-state index contributed by atoms with van der Waals surface area (Å²) in [4.78, 5) is 19.2. The summed E-state index contributed by atoms with van der Waals surface area (Å²) in [6.45, 7) is 0.281. The van der Waals surface area contributed by atoms with Crippen LogP contribution >= 0.6 is 0 Å². The number of aromatic nitrogens is 2. The van der Waals surface area contributed by atoms with Crippen LogP contribution in [0.25, 0.3) is 11.0 Å². The second-order valence-electron chi connectivity index (χ2n) is 4.41. The molecule has 0 aliphatic heterocycles. The third kappa shape index (κ3) is 2.38. The van der Waals surface area contributed by atoms with Gasteiger partial charge in [-0.3, -0.25) is 4.79 Å². The van der Waals surface area contributed by atoms with Crippen molar-refractivity contribution in [1.82, 2.24) is 15.3 Å². The van der Waals surface area contributed by atoms with Crippen LogP contribution in [-0.4, -0.2) is 15.9 Å². The van der Waals surface area contributed by atoms with Crippen LogP contribution in [0.15, 0.2) is 48.8 Å². The van der Waals surface area contributed by atoms with Crippen molar-refractivity contribution in [2.45, 2.75) is 6.54 Å². The minimum atomic E-state index is -0.312. The molecule has 1 aromatic carbocycles. The number of halogens is 1. The maximum Gasteiger partial charge on any atom is 0.253 e. The van der Waals surface area contributed by atoms with Crippen molar-refractivity contribution in [3.63, 3.8) is 0 Å². The third-order valence-corrected chi connectivity index (χ3v) is 3.04. The number of fused-ring (bicyclic) bond motifs is 1. The molecule has 0 saturated carbocycles. The maximum absolute atomic E-state index is 13.0. The number of pyridine rings is 1. The average molecular weight is 269 g/mol. The summed E-state index contributed by atoms with van der Waals surface area (Å²) in [6, 6.07) is 9.76. The van der Waals surface area contributed by atoms with Gasteiger partial charge in [0, 0.05) is 24.3 Å². The smallest absolute Gasteiger partial charge is 0.253 e. The number of benzene rings is 1. The van der Waals surface area contributed by atoms with Crippen LogP contribution in [0, 0.1) is 5.82 Å². The fourth-order valence-corrected chi connectivity index (χ4v) is 2.07. The highest BCUT2D eigenvalue weighted by atomic mass is 19.1. The molecule has 4 nitrogen and oxygen atoms in total. The van der Waals surface area contributed by atoms with Gasteiger partial charge in [-0.25, -0.2) is 9.37 Å². The van der Waals surface area contributed by atoms with E-state index in [4.69, 9.17) is 0 Å². The van der Waals surface area contributed by atoms with Crippen molar-refractivity contribution in [2.75, 3.05) is 0 Å². The fourth-order valence-electron chi connectivity index (χ4n) is 2.07. The summed E-state index contributed by atoms with van der Waals surface area (Å²) in [6.07, 6.45) is 3.28. The minimum Gasteiger partial charge on any atom is -0.348 e. The van der Waals surface area contributed by atoms with Crippen molar-refractivity contribution in [1.29, 1.82) is 0 Å². The van der Waals surface area contributed by atoms with Gasteiger partial charge >= 0.3 is 0 Å². The number of amides is 1. The zero-order chi connectivity index (χ0) is 13.9. The van der Waals surface area contributed by atoms with Gasteiger partial charge in [0.05, 0.1) is 5.56 Å². The van der Waals surface area contributed by atoms with Gasteiger partial charge < -0.3 is 10.3 Å². The molecule has 0 atom stereocenters. The molecule has 0 aliphatic carbocycles. The second kappa shape index (κ2) is 5.13. The lowest BCUT2D eigenvalue weighted by atomic mass is 10.2. The molecule has 0 unspecified atom stereocenters. The van der Waals surface area contributed by atoms with Crippen molar-refractivity contribution in [3.8, 4) is 0 Å². The molecule has 5 heteroatoms. The van der Waals surface area contributed by atoms with E-state index in [1.807, 2.05) is 6.07 Å². The number of hydrogen-bond donors (Lipinski definition) is 2. The highest BCUT2D eigenvalue weighted by Crippen LogP contribution is 2.15. The molecule has 1 amide bonds. The molecule has 2 aromatic heterocycles. The first kappa shape index (κ1) is 12.3. The normalized spacial score (nSPS) is 10.7. The Morgan fingerprint density at radius 2 is 2.20 bits per heavy atom. The first-order chi connectivity index (χ1) is 9.74. The fraction of sp³-hybridized carbons (Fsp3) is 0.0667. The largest absolute Gasteiger partial charge is 0.348 e. The van der Waals surface area contributed by atoms with E-state index in [9.17, 15) is 9.18 Å². The van der Waals surface area contributed by atoms with Gasteiger partial charge in [0.2, 0.25) is 0 Å². The summed E-state index contributed by atoms with van der Waals surface area (Å²) < 4.78 is 13.0. The molecule has 100 valence electrons. The lowest BCUT2D eigenvalue weighted by Gasteiger charge is -2.04. The van der Waals surface area contributed by atoms with Crippen LogP contribution in [0.1, 0.15) is 15.9 Å². The van der Waals surface area contributed by atoms with Crippen LogP contribution in [-0.2, 0) is 6.54 Å². The molecule has 0 bridgehead atoms. The number of nitrogens with zero attached hydrogens (tertiary/aromatic N) is 1. The van der Waals surface area contributed by atoms with E-state index in [-0.39, 0.29) is 18.3 Å². The monoisotopic (exact) mass is 269 g/mol. The lowest BCUT2D eigenvalue weighted by molar-refractivity contribution is 0.0952. The molecule has 3 aromatic rings. The standard InChI is InChI=1S/C15H12FN3O/c16-11-4-1-3-10(7-11)8-19-15(20)13-9-18-14-12(13)5-2-6-17-14/h1-7,9H,8H2,(H,17,18)(H,19,20). The number of H-pyrrole nitrogens is 1. The number of hydrogen-bond acceptors (Lipinski definition) is 2. The van der Waals surface area contributed by atoms with Crippen LogP contribution in [0.2, 0.25) is 0 Å². The zero-order valence-electron chi connectivity index (χ0n) is 10.6. The molecule has 2 heterocycles. The number of carbonyl (C=O) groups is 1. The Kier molecular flexibility index (Phi) is 3.16. The van der Waals surface area contributed by atoms with Crippen LogP contribution in [0.4, 0.5) is 4.39 Å². The maximum atomic E-state index is 13.0. The molecule has 2 N–H and O–H groups in total. The van der Waals surface area contributed by atoms with E-state index < -0.39 is 0 Å². The SMILES string of the molecule is O=C(NCc1cccc(F)c1)c1c[nH]c2ncccc12. The molecule has 20 heavy (non-hydrogen) atoms. The third-order valence-electron chi connectivity index (χ3n) is 3.04. The lowest BCUT2D eigenvalue weighted by Crippen LogP contribution is -2.22. The van der Waals surface area contributed by atoms with Crippen LogP contribution in [0.3, 0.4) is 0 Å². The van der Waals surface area contributed by atoms with Gasteiger partial charge in [-0.2, -0.15) is 0 Å². The molecule has 0 saturated heterocycles. The van der Waals surface area contributed by atoms with Gasteiger partial charge in [0.15, 0.2) is 0 Å². The Balaban J connectivity index is 1.76. The van der Waals surface area contributed by atoms with Gasteiger partial charge in [0.1, 0.15) is 11.5 Å². The zero-order valence-corrected chi connectivity index (χ0v) is 10.6. The van der Waals surface area contributed by atoms with Gasteiger partial charge in [-0.05, 0) is 29.8 Å². The van der Waals surface area contributed by atoms with Crippen LogP contribution in [0.5, 0.6) is 0 Å². The number of carbonyl (C=O) groups excluding carboxylic acids is 1. The van der Waals surface area contributed by atoms with E-state index in [0.717, 1.165) is 10.9 Å².